The van der Waals surface area contributed by atoms with Crippen LogP contribution in [0.25, 0.3) is 0 Å². The predicted octanol–water partition coefficient (Wildman–Crippen LogP) is 0.777. The molecule has 0 radical (unpaired) electrons. The highest BCUT2D eigenvalue weighted by atomic mass is 19.4. The number of carbonyl (C=O) groups is 1. The molecule has 0 aliphatic heterocycles. The number of halogens is 4. The number of hydrogen-bond donors (Lipinski definition) is 1. The first kappa shape index (κ1) is 12.2. The molecular weight excluding hydrogens is 194 g/mol. The number of ether oxygens (including phenoxy) is 1. The average molecular weight is 203 g/mol. The molecule has 0 amide bonds. The van der Waals surface area contributed by atoms with Crippen molar-refractivity contribution in [2.45, 2.75) is 25.3 Å². The first-order valence-electron chi connectivity index (χ1n) is 3.43. The summed E-state index contributed by atoms with van der Waals surface area (Å²) in [4.78, 5) is 10.5. The van der Waals surface area contributed by atoms with Crippen LogP contribution in [0.2, 0.25) is 0 Å². The monoisotopic (exact) mass is 203 g/mol. The molecule has 7 heteroatoms. The molecule has 78 valence electrons. The standard InChI is InChI=1S/C6H9F4NO2/c1-2-13-5(12)3(7)4(11)6(8,9)10/h3-4H,2,11H2,1H3/t3?,4-/m0/s1. The van der Waals surface area contributed by atoms with Crippen LogP contribution in [-0.4, -0.2) is 31.0 Å². The third-order valence-electron chi connectivity index (χ3n) is 1.21. The SMILES string of the molecule is CCOC(=O)C(F)[C@H](N)C(F)(F)F. The molecule has 0 bridgehead atoms. The Morgan fingerprint density at radius 1 is 1.54 bits per heavy atom. The molecule has 0 saturated carbocycles. The van der Waals surface area contributed by atoms with E-state index in [1.54, 1.807) is 0 Å². The van der Waals surface area contributed by atoms with Gasteiger partial charge in [-0.1, -0.05) is 0 Å². The molecule has 13 heavy (non-hydrogen) atoms. The average Bonchev–Trinajstić information content (AvgIpc) is 2.00. The summed E-state index contributed by atoms with van der Waals surface area (Å²) in [6, 6.07) is -2.83. The summed E-state index contributed by atoms with van der Waals surface area (Å²) in [6.07, 6.45) is -7.80. The van der Waals surface area contributed by atoms with Crippen LogP contribution in [0.15, 0.2) is 0 Å². The number of esters is 1. The van der Waals surface area contributed by atoms with Crippen molar-refractivity contribution in [3.63, 3.8) is 0 Å². The Bertz CT molecular complexity index is 182. The Kier molecular flexibility index (Phi) is 4.12. The first-order valence-corrected chi connectivity index (χ1v) is 3.43. The Hall–Kier alpha value is -0.850. The predicted molar refractivity (Wildman–Crippen MR) is 35.6 cm³/mol. The molecule has 0 aromatic rings. The lowest BCUT2D eigenvalue weighted by Gasteiger charge is -2.17. The third-order valence-corrected chi connectivity index (χ3v) is 1.21. The van der Waals surface area contributed by atoms with Gasteiger partial charge in [-0.15, -0.1) is 0 Å². The van der Waals surface area contributed by atoms with Crippen molar-refractivity contribution in [2.75, 3.05) is 6.61 Å². The largest absolute Gasteiger partial charge is 0.464 e. The van der Waals surface area contributed by atoms with E-state index in [4.69, 9.17) is 0 Å². The summed E-state index contributed by atoms with van der Waals surface area (Å²) in [6.45, 7) is 1.16. The van der Waals surface area contributed by atoms with E-state index in [9.17, 15) is 22.4 Å². The minimum Gasteiger partial charge on any atom is -0.464 e. The minimum atomic E-state index is -4.94. The van der Waals surface area contributed by atoms with Gasteiger partial charge in [0.1, 0.15) is 6.04 Å². The van der Waals surface area contributed by atoms with E-state index in [1.807, 2.05) is 0 Å². The van der Waals surface area contributed by atoms with Gasteiger partial charge in [-0.3, -0.25) is 0 Å². The zero-order valence-corrected chi connectivity index (χ0v) is 6.77. The Labute approximate surface area is 71.8 Å². The number of nitrogens with two attached hydrogens (primary N) is 1. The molecule has 1 unspecified atom stereocenters. The number of hydrogen-bond acceptors (Lipinski definition) is 3. The lowest BCUT2D eigenvalue weighted by Crippen LogP contribution is -2.48. The van der Waals surface area contributed by atoms with Crippen molar-refractivity contribution in [3.8, 4) is 0 Å². The van der Waals surface area contributed by atoms with E-state index >= 15 is 0 Å². The molecular formula is C6H9F4NO2. The molecule has 0 spiro atoms. The normalized spacial score (nSPS) is 16.5. The fourth-order valence-electron chi connectivity index (χ4n) is 0.534. The maximum absolute atomic E-state index is 12.6. The van der Waals surface area contributed by atoms with E-state index in [0.717, 1.165) is 0 Å². The van der Waals surface area contributed by atoms with Crippen molar-refractivity contribution in [3.05, 3.63) is 0 Å². The van der Waals surface area contributed by atoms with Gasteiger partial charge in [0.2, 0.25) is 6.17 Å². The van der Waals surface area contributed by atoms with Crippen LogP contribution in [0.1, 0.15) is 6.92 Å². The molecule has 0 aliphatic rings. The van der Waals surface area contributed by atoms with E-state index in [-0.39, 0.29) is 6.61 Å². The van der Waals surface area contributed by atoms with Gasteiger partial charge in [0.05, 0.1) is 6.61 Å². The number of alkyl halides is 4. The van der Waals surface area contributed by atoms with Crippen LogP contribution in [0.4, 0.5) is 17.6 Å². The maximum atomic E-state index is 12.6. The fraction of sp³-hybridized carbons (Fsp3) is 0.833. The van der Waals surface area contributed by atoms with E-state index in [1.165, 1.54) is 6.92 Å². The van der Waals surface area contributed by atoms with E-state index in [0.29, 0.717) is 0 Å². The highest BCUT2D eigenvalue weighted by molar-refractivity contribution is 5.75. The molecule has 2 atom stereocenters. The first-order chi connectivity index (χ1) is 5.80. The second-order valence-corrected chi connectivity index (χ2v) is 2.22. The number of carbonyl (C=O) groups excluding carboxylic acids is 1. The second-order valence-electron chi connectivity index (χ2n) is 2.22. The highest BCUT2D eigenvalue weighted by Crippen LogP contribution is 2.22. The van der Waals surface area contributed by atoms with Crippen LogP contribution in [-0.2, 0) is 9.53 Å². The molecule has 0 aromatic heterocycles. The van der Waals surface area contributed by atoms with E-state index in [2.05, 4.69) is 10.5 Å². The van der Waals surface area contributed by atoms with Crippen LogP contribution in [0.3, 0.4) is 0 Å². The molecule has 2 N–H and O–H groups in total. The van der Waals surface area contributed by atoms with Gasteiger partial charge in [0, 0.05) is 0 Å². The fourth-order valence-corrected chi connectivity index (χ4v) is 0.534. The maximum Gasteiger partial charge on any atom is 0.407 e. The summed E-state index contributed by atoms with van der Waals surface area (Å²) in [7, 11) is 0. The van der Waals surface area contributed by atoms with Crippen molar-refractivity contribution >= 4 is 5.97 Å². The Morgan fingerprint density at radius 3 is 2.31 bits per heavy atom. The zero-order chi connectivity index (χ0) is 10.6. The van der Waals surface area contributed by atoms with Crippen molar-refractivity contribution in [1.29, 1.82) is 0 Å². The van der Waals surface area contributed by atoms with Crippen molar-refractivity contribution in [2.24, 2.45) is 5.73 Å². The summed E-state index contributed by atoms with van der Waals surface area (Å²) in [5.41, 5.74) is 4.42. The van der Waals surface area contributed by atoms with Gasteiger partial charge in [-0.25, -0.2) is 9.18 Å². The van der Waals surface area contributed by atoms with Crippen molar-refractivity contribution < 1.29 is 27.1 Å². The summed E-state index contributed by atoms with van der Waals surface area (Å²) in [5.74, 6) is -1.59. The molecule has 0 aromatic carbocycles. The summed E-state index contributed by atoms with van der Waals surface area (Å²) >= 11 is 0. The quantitative estimate of drug-likeness (QED) is 0.544. The van der Waals surface area contributed by atoms with Crippen LogP contribution >= 0.6 is 0 Å². The van der Waals surface area contributed by atoms with Gasteiger partial charge < -0.3 is 10.5 Å². The topological polar surface area (TPSA) is 52.3 Å². The molecule has 0 aliphatic carbocycles. The van der Waals surface area contributed by atoms with Crippen LogP contribution < -0.4 is 5.73 Å². The summed E-state index contributed by atoms with van der Waals surface area (Å²) in [5, 5.41) is 0. The van der Waals surface area contributed by atoms with Gasteiger partial charge >= 0.3 is 12.1 Å². The Morgan fingerprint density at radius 2 is 2.00 bits per heavy atom. The lowest BCUT2D eigenvalue weighted by molar-refractivity contribution is -0.177. The molecule has 0 rings (SSSR count). The summed E-state index contributed by atoms with van der Waals surface area (Å²) < 4.78 is 51.8. The molecule has 3 nitrogen and oxygen atoms in total. The number of rotatable bonds is 3. The molecule has 0 heterocycles. The van der Waals surface area contributed by atoms with Gasteiger partial charge in [-0.05, 0) is 6.92 Å². The van der Waals surface area contributed by atoms with Gasteiger partial charge in [0.15, 0.2) is 0 Å². The highest BCUT2D eigenvalue weighted by Gasteiger charge is 2.46. The van der Waals surface area contributed by atoms with Crippen LogP contribution in [0.5, 0.6) is 0 Å². The lowest BCUT2D eigenvalue weighted by atomic mass is 10.2. The second kappa shape index (κ2) is 4.40. The molecule has 0 fully saturated rings. The van der Waals surface area contributed by atoms with E-state index < -0.39 is 24.4 Å². The molecule has 0 saturated heterocycles. The minimum absolute atomic E-state index is 0.191. The third kappa shape index (κ3) is 3.58. The smallest absolute Gasteiger partial charge is 0.407 e. The van der Waals surface area contributed by atoms with Crippen molar-refractivity contribution in [1.82, 2.24) is 0 Å². The Balaban J connectivity index is 4.25. The zero-order valence-electron chi connectivity index (χ0n) is 6.77. The van der Waals surface area contributed by atoms with Gasteiger partial charge in [-0.2, -0.15) is 13.2 Å². The van der Waals surface area contributed by atoms with Gasteiger partial charge in [0.25, 0.3) is 0 Å². The van der Waals surface area contributed by atoms with Crippen LogP contribution in [0, 0.1) is 0 Å².